The number of hydrogen-bond acceptors (Lipinski definition) is 4. The molecule has 0 bridgehead atoms. The van der Waals surface area contributed by atoms with Gasteiger partial charge in [0.05, 0.1) is 5.75 Å². The van der Waals surface area contributed by atoms with Crippen LogP contribution >= 0.6 is 0 Å². The molecule has 1 atom stereocenters. The Labute approximate surface area is 121 Å². The Morgan fingerprint density at radius 1 is 1.45 bits per heavy atom. The topological polar surface area (TPSA) is 53.5 Å². The van der Waals surface area contributed by atoms with Crippen LogP contribution in [-0.2, 0) is 10.0 Å². The lowest BCUT2D eigenvalue weighted by atomic mass is 10.1. The van der Waals surface area contributed by atoms with Crippen molar-refractivity contribution < 1.29 is 8.42 Å². The van der Waals surface area contributed by atoms with Crippen molar-refractivity contribution in [3.63, 3.8) is 0 Å². The summed E-state index contributed by atoms with van der Waals surface area (Å²) in [5, 5.41) is 0. The Morgan fingerprint density at radius 3 is 2.90 bits per heavy atom. The van der Waals surface area contributed by atoms with E-state index in [0.29, 0.717) is 6.42 Å². The summed E-state index contributed by atoms with van der Waals surface area (Å²) in [6, 6.07) is 5.87. The van der Waals surface area contributed by atoms with E-state index >= 15 is 0 Å². The van der Waals surface area contributed by atoms with Crippen LogP contribution in [-0.4, -0.2) is 49.6 Å². The van der Waals surface area contributed by atoms with Gasteiger partial charge in [-0.1, -0.05) is 13.0 Å². The Kier molecular flexibility index (Phi) is 4.99. The van der Waals surface area contributed by atoms with Crippen LogP contribution < -0.4 is 4.90 Å². The molecule has 2 heterocycles. The lowest BCUT2D eigenvalue weighted by Gasteiger charge is -2.37. The third kappa shape index (κ3) is 3.49. The molecule has 1 aromatic heterocycles. The minimum absolute atomic E-state index is 0.0438. The number of anilines is 1. The molecular weight excluding hydrogens is 274 g/mol. The molecule has 0 radical (unpaired) electrons. The zero-order valence-corrected chi connectivity index (χ0v) is 13.0. The number of sulfonamides is 1. The van der Waals surface area contributed by atoms with Crippen LogP contribution in [0.25, 0.3) is 0 Å². The van der Waals surface area contributed by atoms with Gasteiger partial charge in [0.1, 0.15) is 5.82 Å². The Morgan fingerprint density at radius 2 is 2.25 bits per heavy atom. The fourth-order valence-corrected chi connectivity index (χ4v) is 4.06. The summed E-state index contributed by atoms with van der Waals surface area (Å²) in [6.45, 7) is 3.55. The molecule has 0 N–H and O–H groups in total. The van der Waals surface area contributed by atoms with Crippen LogP contribution in [0.4, 0.5) is 5.82 Å². The molecule has 0 amide bonds. The monoisotopic (exact) mass is 297 g/mol. The number of aromatic nitrogens is 1. The van der Waals surface area contributed by atoms with Gasteiger partial charge in [-0.3, -0.25) is 0 Å². The van der Waals surface area contributed by atoms with Gasteiger partial charge in [-0.25, -0.2) is 17.7 Å². The van der Waals surface area contributed by atoms with Gasteiger partial charge < -0.3 is 4.90 Å². The van der Waals surface area contributed by atoms with E-state index in [4.69, 9.17) is 0 Å². The van der Waals surface area contributed by atoms with Gasteiger partial charge in [0.2, 0.25) is 10.0 Å². The highest BCUT2D eigenvalue weighted by atomic mass is 32.2. The van der Waals surface area contributed by atoms with Crippen LogP contribution in [0.3, 0.4) is 0 Å². The summed E-state index contributed by atoms with van der Waals surface area (Å²) in [7, 11) is -1.42. The molecular formula is C14H23N3O2S. The standard InChI is InChI=1S/C14H23N3O2S/c1-3-11-20(18,19)16(2)13-7-6-10-17(12-13)14-8-4-5-9-15-14/h4-5,8-9,13H,3,6-7,10-12H2,1-2H3/t13-/m1/s1. The highest BCUT2D eigenvalue weighted by Crippen LogP contribution is 2.21. The van der Waals surface area contributed by atoms with Crippen molar-refractivity contribution >= 4 is 15.8 Å². The van der Waals surface area contributed by atoms with Gasteiger partial charge in [0, 0.05) is 32.4 Å². The molecule has 0 aliphatic carbocycles. The van der Waals surface area contributed by atoms with Crippen molar-refractivity contribution in [2.75, 3.05) is 30.8 Å². The summed E-state index contributed by atoms with van der Waals surface area (Å²) < 4.78 is 25.9. The number of pyridine rings is 1. The first kappa shape index (κ1) is 15.3. The number of hydrogen-bond donors (Lipinski definition) is 0. The molecule has 112 valence electrons. The average Bonchev–Trinajstić information content (AvgIpc) is 2.47. The van der Waals surface area contributed by atoms with E-state index in [1.807, 2.05) is 25.1 Å². The smallest absolute Gasteiger partial charge is 0.214 e. The van der Waals surface area contributed by atoms with Gasteiger partial charge in [-0.2, -0.15) is 0 Å². The first-order valence-corrected chi connectivity index (χ1v) is 8.77. The largest absolute Gasteiger partial charge is 0.355 e. The van der Waals surface area contributed by atoms with Crippen molar-refractivity contribution in [2.24, 2.45) is 0 Å². The minimum Gasteiger partial charge on any atom is -0.355 e. The quantitative estimate of drug-likeness (QED) is 0.830. The molecule has 0 saturated carbocycles. The summed E-state index contributed by atoms with van der Waals surface area (Å²) in [6.07, 6.45) is 4.34. The molecule has 0 unspecified atom stereocenters. The first-order chi connectivity index (χ1) is 9.54. The van der Waals surface area contributed by atoms with Crippen LogP contribution in [0.2, 0.25) is 0 Å². The van der Waals surface area contributed by atoms with Crippen LogP contribution in [0, 0.1) is 0 Å². The summed E-state index contributed by atoms with van der Waals surface area (Å²) in [5.41, 5.74) is 0. The highest BCUT2D eigenvalue weighted by Gasteiger charge is 2.30. The second kappa shape index (κ2) is 6.54. The van der Waals surface area contributed by atoms with E-state index in [2.05, 4.69) is 9.88 Å². The van der Waals surface area contributed by atoms with Gasteiger partial charge >= 0.3 is 0 Å². The lowest BCUT2D eigenvalue weighted by molar-refractivity contribution is 0.319. The molecule has 0 aromatic carbocycles. The Bertz CT molecular complexity index is 518. The van der Waals surface area contributed by atoms with Gasteiger partial charge in [0.15, 0.2) is 0 Å². The predicted octanol–water partition coefficient (Wildman–Crippen LogP) is 1.72. The Balaban J connectivity index is 2.07. The van der Waals surface area contributed by atoms with E-state index in [9.17, 15) is 8.42 Å². The summed E-state index contributed by atoms with van der Waals surface area (Å²) in [5.74, 6) is 1.15. The molecule has 5 nitrogen and oxygen atoms in total. The SMILES string of the molecule is CCCS(=O)(=O)N(C)[C@@H]1CCCN(c2ccccn2)C1. The maximum absolute atomic E-state index is 12.2. The fourth-order valence-electron chi connectivity index (χ4n) is 2.63. The zero-order chi connectivity index (χ0) is 14.6. The molecule has 20 heavy (non-hydrogen) atoms. The van der Waals surface area contributed by atoms with Crippen LogP contribution in [0.5, 0.6) is 0 Å². The van der Waals surface area contributed by atoms with E-state index in [0.717, 1.165) is 31.7 Å². The molecule has 0 spiro atoms. The molecule has 1 aromatic rings. The van der Waals surface area contributed by atoms with E-state index in [-0.39, 0.29) is 11.8 Å². The van der Waals surface area contributed by atoms with Crippen LogP contribution in [0.1, 0.15) is 26.2 Å². The summed E-state index contributed by atoms with van der Waals surface area (Å²) in [4.78, 5) is 6.53. The molecule has 2 rings (SSSR count). The molecule has 1 fully saturated rings. The van der Waals surface area contributed by atoms with Crippen molar-refractivity contribution in [1.29, 1.82) is 0 Å². The third-order valence-corrected chi connectivity index (χ3v) is 5.88. The molecule has 1 saturated heterocycles. The number of likely N-dealkylation sites (N-methyl/N-ethyl adjacent to an activating group) is 1. The highest BCUT2D eigenvalue weighted by molar-refractivity contribution is 7.89. The van der Waals surface area contributed by atoms with E-state index in [1.54, 1.807) is 17.5 Å². The number of nitrogens with zero attached hydrogens (tertiary/aromatic N) is 3. The number of piperidine rings is 1. The maximum Gasteiger partial charge on any atom is 0.214 e. The van der Waals surface area contributed by atoms with E-state index < -0.39 is 10.0 Å². The van der Waals surface area contributed by atoms with Gasteiger partial charge in [-0.15, -0.1) is 0 Å². The second-order valence-electron chi connectivity index (χ2n) is 5.26. The lowest BCUT2D eigenvalue weighted by Crippen LogP contribution is -2.49. The Hall–Kier alpha value is -1.14. The second-order valence-corrected chi connectivity index (χ2v) is 7.41. The molecule has 1 aliphatic heterocycles. The third-order valence-electron chi connectivity index (χ3n) is 3.78. The molecule has 6 heteroatoms. The predicted molar refractivity (Wildman–Crippen MR) is 81.3 cm³/mol. The number of rotatable bonds is 5. The van der Waals surface area contributed by atoms with Crippen molar-refractivity contribution in [2.45, 2.75) is 32.2 Å². The average molecular weight is 297 g/mol. The molecule has 1 aliphatic rings. The first-order valence-electron chi connectivity index (χ1n) is 7.16. The fraction of sp³-hybridized carbons (Fsp3) is 0.643. The van der Waals surface area contributed by atoms with Crippen molar-refractivity contribution in [1.82, 2.24) is 9.29 Å². The van der Waals surface area contributed by atoms with Crippen LogP contribution in [0.15, 0.2) is 24.4 Å². The maximum atomic E-state index is 12.2. The van der Waals surface area contributed by atoms with E-state index in [1.165, 1.54) is 0 Å². The zero-order valence-electron chi connectivity index (χ0n) is 12.2. The minimum atomic E-state index is -3.13. The van der Waals surface area contributed by atoms with Gasteiger partial charge in [0.25, 0.3) is 0 Å². The van der Waals surface area contributed by atoms with Gasteiger partial charge in [-0.05, 0) is 31.4 Å². The van der Waals surface area contributed by atoms with Crippen molar-refractivity contribution in [3.05, 3.63) is 24.4 Å². The summed E-state index contributed by atoms with van der Waals surface area (Å²) >= 11 is 0. The van der Waals surface area contributed by atoms with Crippen molar-refractivity contribution in [3.8, 4) is 0 Å². The normalized spacial score (nSPS) is 20.4.